The number of hydrogen-bond donors (Lipinski definition) is 1. The predicted molar refractivity (Wildman–Crippen MR) is 40.5 cm³/mol. The van der Waals surface area contributed by atoms with E-state index < -0.39 is 6.16 Å². The standard InChI is InChI=1S/C8H12O3/c1-6-4-2-3-5-7(6)11-8(9)10/h7H,1-5H2,(H,9,10)/t7-/m0/s1. The lowest BCUT2D eigenvalue weighted by Gasteiger charge is -2.22. The van der Waals surface area contributed by atoms with Crippen molar-refractivity contribution in [3.05, 3.63) is 12.2 Å². The van der Waals surface area contributed by atoms with Crippen LogP contribution in [0.5, 0.6) is 0 Å². The highest BCUT2D eigenvalue weighted by atomic mass is 16.7. The van der Waals surface area contributed by atoms with E-state index in [0.717, 1.165) is 31.3 Å². The molecule has 1 atom stereocenters. The maximum Gasteiger partial charge on any atom is 0.506 e. The van der Waals surface area contributed by atoms with E-state index in [1.165, 1.54) is 0 Å². The largest absolute Gasteiger partial charge is 0.506 e. The molecule has 0 amide bonds. The lowest BCUT2D eigenvalue weighted by atomic mass is 9.93. The maximum absolute atomic E-state index is 10.1. The molecule has 1 N–H and O–H groups in total. The van der Waals surface area contributed by atoms with Gasteiger partial charge in [0.15, 0.2) is 0 Å². The third kappa shape index (κ3) is 2.26. The lowest BCUT2D eigenvalue weighted by molar-refractivity contribution is 0.0561. The number of carbonyl (C=O) groups is 1. The summed E-state index contributed by atoms with van der Waals surface area (Å²) in [7, 11) is 0. The topological polar surface area (TPSA) is 46.5 Å². The number of hydrogen-bond acceptors (Lipinski definition) is 2. The lowest BCUT2D eigenvalue weighted by Crippen LogP contribution is -2.21. The summed E-state index contributed by atoms with van der Waals surface area (Å²) in [6.45, 7) is 3.76. The highest BCUT2D eigenvalue weighted by Gasteiger charge is 2.20. The molecule has 1 rings (SSSR count). The van der Waals surface area contributed by atoms with Gasteiger partial charge in [-0.3, -0.25) is 0 Å². The van der Waals surface area contributed by atoms with E-state index in [2.05, 4.69) is 11.3 Å². The van der Waals surface area contributed by atoms with Gasteiger partial charge in [-0.2, -0.15) is 0 Å². The van der Waals surface area contributed by atoms with Gasteiger partial charge >= 0.3 is 6.16 Å². The van der Waals surface area contributed by atoms with Crippen LogP contribution in [0.3, 0.4) is 0 Å². The molecule has 62 valence electrons. The predicted octanol–water partition coefficient (Wildman–Crippen LogP) is 2.18. The van der Waals surface area contributed by atoms with Crippen LogP contribution in [0.1, 0.15) is 25.7 Å². The van der Waals surface area contributed by atoms with E-state index in [1.807, 2.05) is 0 Å². The number of rotatable bonds is 1. The van der Waals surface area contributed by atoms with Gasteiger partial charge in [-0.25, -0.2) is 4.79 Å². The number of carboxylic acid groups (broad SMARTS) is 1. The first-order valence-corrected chi connectivity index (χ1v) is 3.77. The van der Waals surface area contributed by atoms with Crippen LogP contribution in [0.2, 0.25) is 0 Å². The smallest absolute Gasteiger partial charge is 0.450 e. The molecule has 0 aromatic rings. The van der Waals surface area contributed by atoms with Crippen molar-refractivity contribution >= 4 is 6.16 Å². The zero-order valence-corrected chi connectivity index (χ0v) is 6.38. The van der Waals surface area contributed by atoms with Gasteiger partial charge in [0.05, 0.1) is 0 Å². The molecule has 0 aromatic heterocycles. The first-order valence-electron chi connectivity index (χ1n) is 3.77. The summed E-state index contributed by atoms with van der Waals surface area (Å²) in [4.78, 5) is 10.1. The summed E-state index contributed by atoms with van der Waals surface area (Å²) in [6.07, 6.45) is 2.40. The van der Waals surface area contributed by atoms with Crippen molar-refractivity contribution in [2.24, 2.45) is 0 Å². The first-order chi connectivity index (χ1) is 5.20. The van der Waals surface area contributed by atoms with E-state index in [0.29, 0.717) is 0 Å². The molecule has 0 bridgehead atoms. The Labute approximate surface area is 65.7 Å². The van der Waals surface area contributed by atoms with Crippen molar-refractivity contribution in [3.63, 3.8) is 0 Å². The zero-order chi connectivity index (χ0) is 8.27. The molecule has 3 heteroatoms. The minimum Gasteiger partial charge on any atom is -0.450 e. The molecule has 0 saturated heterocycles. The third-order valence-corrected chi connectivity index (χ3v) is 1.91. The molecule has 1 aliphatic carbocycles. The van der Waals surface area contributed by atoms with Gasteiger partial charge in [0.25, 0.3) is 0 Å². The fourth-order valence-corrected chi connectivity index (χ4v) is 1.31. The third-order valence-electron chi connectivity index (χ3n) is 1.91. The fraction of sp³-hybridized carbons (Fsp3) is 0.625. The molecule has 1 fully saturated rings. The molecule has 0 radical (unpaired) electrons. The van der Waals surface area contributed by atoms with Crippen LogP contribution in [0.15, 0.2) is 12.2 Å². The van der Waals surface area contributed by atoms with Crippen LogP contribution in [0, 0.1) is 0 Å². The van der Waals surface area contributed by atoms with Gasteiger partial charge in [-0.05, 0) is 31.3 Å². The van der Waals surface area contributed by atoms with Gasteiger partial charge in [0.2, 0.25) is 0 Å². The maximum atomic E-state index is 10.1. The summed E-state index contributed by atoms with van der Waals surface area (Å²) in [5.74, 6) is 0. The highest BCUT2D eigenvalue weighted by Crippen LogP contribution is 2.24. The quantitative estimate of drug-likeness (QED) is 0.467. The van der Waals surface area contributed by atoms with Crippen LogP contribution in [-0.2, 0) is 4.74 Å². The molecule has 0 aromatic carbocycles. The molecule has 3 nitrogen and oxygen atoms in total. The van der Waals surface area contributed by atoms with Crippen molar-refractivity contribution in [2.45, 2.75) is 31.8 Å². The van der Waals surface area contributed by atoms with Crippen LogP contribution < -0.4 is 0 Å². The van der Waals surface area contributed by atoms with Crippen LogP contribution in [0.25, 0.3) is 0 Å². The average Bonchev–Trinajstić information content (AvgIpc) is 1.93. The Hall–Kier alpha value is -0.990. The monoisotopic (exact) mass is 156 g/mol. The Morgan fingerprint density at radius 3 is 2.91 bits per heavy atom. The minimum absolute atomic E-state index is 0.249. The molecule has 0 heterocycles. The molecule has 0 aliphatic heterocycles. The summed E-state index contributed by atoms with van der Waals surface area (Å²) >= 11 is 0. The summed E-state index contributed by atoms with van der Waals surface area (Å²) in [5.41, 5.74) is 0.915. The van der Waals surface area contributed by atoms with Gasteiger partial charge in [0.1, 0.15) is 6.10 Å². The van der Waals surface area contributed by atoms with E-state index >= 15 is 0 Å². The van der Waals surface area contributed by atoms with E-state index in [4.69, 9.17) is 5.11 Å². The highest BCUT2D eigenvalue weighted by molar-refractivity contribution is 5.57. The Morgan fingerprint density at radius 2 is 2.36 bits per heavy atom. The Balaban J connectivity index is 2.42. The Morgan fingerprint density at radius 1 is 1.64 bits per heavy atom. The Kier molecular flexibility index (Phi) is 2.52. The van der Waals surface area contributed by atoms with Crippen molar-refractivity contribution in [2.75, 3.05) is 0 Å². The molecule has 11 heavy (non-hydrogen) atoms. The molecule has 1 aliphatic rings. The van der Waals surface area contributed by atoms with Gasteiger partial charge in [-0.1, -0.05) is 6.58 Å². The van der Waals surface area contributed by atoms with Crippen molar-refractivity contribution in [1.82, 2.24) is 0 Å². The van der Waals surface area contributed by atoms with E-state index in [9.17, 15) is 4.79 Å². The van der Waals surface area contributed by atoms with Crippen molar-refractivity contribution in [3.8, 4) is 0 Å². The molecule has 1 saturated carbocycles. The molecular formula is C8H12O3. The second kappa shape index (κ2) is 3.42. The summed E-state index contributed by atoms with van der Waals surface area (Å²) in [5, 5.41) is 8.32. The van der Waals surface area contributed by atoms with Gasteiger partial charge in [0, 0.05) is 0 Å². The second-order valence-electron chi connectivity index (χ2n) is 2.78. The molecular weight excluding hydrogens is 144 g/mol. The van der Waals surface area contributed by atoms with Crippen LogP contribution in [0.4, 0.5) is 4.79 Å². The molecule has 0 unspecified atom stereocenters. The van der Waals surface area contributed by atoms with Gasteiger partial charge < -0.3 is 9.84 Å². The molecule has 0 spiro atoms. The summed E-state index contributed by atoms with van der Waals surface area (Å²) in [6, 6.07) is 0. The fourth-order valence-electron chi connectivity index (χ4n) is 1.31. The summed E-state index contributed by atoms with van der Waals surface area (Å²) < 4.78 is 4.62. The average molecular weight is 156 g/mol. The second-order valence-corrected chi connectivity index (χ2v) is 2.78. The van der Waals surface area contributed by atoms with E-state index in [1.54, 1.807) is 0 Å². The Bertz CT molecular complexity index is 174. The zero-order valence-electron chi connectivity index (χ0n) is 6.38. The number of ether oxygens (including phenoxy) is 1. The van der Waals surface area contributed by atoms with Crippen molar-refractivity contribution in [1.29, 1.82) is 0 Å². The first kappa shape index (κ1) is 8.11. The minimum atomic E-state index is -1.20. The van der Waals surface area contributed by atoms with Crippen molar-refractivity contribution < 1.29 is 14.6 Å². The van der Waals surface area contributed by atoms with E-state index in [-0.39, 0.29) is 6.10 Å². The van der Waals surface area contributed by atoms with Gasteiger partial charge in [-0.15, -0.1) is 0 Å². The van der Waals surface area contributed by atoms with Crippen LogP contribution in [-0.4, -0.2) is 17.4 Å². The SMILES string of the molecule is C=C1CCCC[C@@H]1OC(=O)O. The van der Waals surface area contributed by atoms with Crippen LogP contribution >= 0.6 is 0 Å². The normalized spacial score (nSPS) is 24.7.